The molecule has 1 heterocycles. The molecule has 0 bridgehead atoms. The highest BCUT2D eigenvalue weighted by Gasteiger charge is 2.41. The smallest absolute Gasteiger partial charge is 0.256 e. The second-order valence-electron chi connectivity index (χ2n) is 5.57. The minimum atomic E-state index is -0.829. The fourth-order valence-corrected chi connectivity index (χ4v) is 2.45. The van der Waals surface area contributed by atoms with Gasteiger partial charge in [-0.1, -0.05) is 11.6 Å². The third kappa shape index (κ3) is 2.35. The van der Waals surface area contributed by atoms with E-state index < -0.39 is 5.54 Å². The van der Waals surface area contributed by atoms with Crippen LogP contribution in [0.3, 0.4) is 0 Å². The lowest BCUT2D eigenvalue weighted by molar-refractivity contribution is -0.133. The third-order valence-electron chi connectivity index (χ3n) is 3.77. The Morgan fingerprint density at radius 1 is 1.40 bits per heavy atom. The second kappa shape index (κ2) is 5.15. The average Bonchev–Trinajstić information content (AvgIpc) is 2.41. The quantitative estimate of drug-likeness (QED) is 0.857. The molecule has 0 spiro atoms. The van der Waals surface area contributed by atoms with Crippen LogP contribution in [-0.4, -0.2) is 42.4 Å². The van der Waals surface area contributed by atoms with Gasteiger partial charge >= 0.3 is 0 Å². The maximum Gasteiger partial charge on any atom is 0.256 e. The van der Waals surface area contributed by atoms with Crippen LogP contribution in [0.1, 0.15) is 29.8 Å². The molecule has 2 rings (SSSR count). The van der Waals surface area contributed by atoms with Crippen molar-refractivity contribution in [3.63, 3.8) is 0 Å². The lowest BCUT2D eigenvalue weighted by atomic mass is 9.97. The first-order valence-corrected chi connectivity index (χ1v) is 6.76. The van der Waals surface area contributed by atoms with Crippen LogP contribution in [0.15, 0.2) is 18.2 Å². The summed E-state index contributed by atoms with van der Waals surface area (Å²) in [7, 11) is 1.79. The molecule has 0 aliphatic carbocycles. The Hall–Kier alpha value is -2.04. The van der Waals surface area contributed by atoms with Crippen LogP contribution >= 0.6 is 0 Å². The summed E-state index contributed by atoms with van der Waals surface area (Å²) in [5, 5.41) is 5.83. The van der Waals surface area contributed by atoms with Crippen LogP contribution in [0.5, 0.6) is 0 Å². The van der Waals surface area contributed by atoms with Gasteiger partial charge in [-0.25, -0.2) is 0 Å². The van der Waals surface area contributed by atoms with Crippen molar-refractivity contribution in [3.8, 4) is 0 Å². The van der Waals surface area contributed by atoms with Crippen LogP contribution < -0.4 is 10.6 Å². The third-order valence-corrected chi connectivity index (χ3v) is 3.77. The van der Waals surface area contributed by atoms with Gasteiger partial charge in [0.2, 0.25) is 5.91 Å². The zero-order chi connectivity index (χ0) is 14.9. The van der Waals surface area contributed by atoms with Gasteiger partial charge in [-0.15, -0.1) is 0 Å². The molecular weight excluding hydrogens is 254 g/mol. The zero-order valence-electron chi connectivity index (χ0n) is 12.4. The summed E-state index contributed by atoms with van der Waals surface area (Å²) in [6, 6.07) is 5.70. The molecule has 1 aliphatic heterocycles. The number of nitrogens with zero attached hydrogens (tertiary/aromatic N) is 1. The Kier molecular flexibility index (Phi) is 3.70. The lowest BCUT2D eigenvalue weighted by Crippen LogP contribution is -2.63. The molecule has 0 radical (unpaired) electrons. The highest BCUT2D eigenvalue weighted by atomic mass is 16.2. The van der Waals surface area contributed by atoms with Crippen molar-refractivity contribution in [2.24, 2.45) is 0 Å². The number of anilines is 1. The molecule has 1 saturated heterocycles. The van der Waals surface area contributed by atoms with Crippen LogP contribution in [0.25, 0.3) is 0 Å². The van der Waals surface area contributed by atoms with Crippen molar-refractivity contribution in [1.29, 1.82) is 0 Å². The van der Waals surface area contributed by atoms with E-state index in [2.05, 4.69) is 10.6 Å². The van der Waals surface area contributed by atoms with E-state index >= 15 is 0 Å². The number of hydrogen-bond acceptors (Lipinski definition) is 3. The summed E-state index contributed by atoms with van der Waals surface area (Å²) in [4.78, 5) is 26.4. The van der Waals surface area contributed by atoms with Gasteiger partial charge < -0.3 is 15.5 Å². The number of hydrogen-bond donors (Lipinski definition) is 2. The standard InChI is InChI=1S/C15H21N3O2/c1-10-5-6-12(16-4)11(9-10)13(19)18-8-7-17-14(20)15(18,2)3/h5-6,9,16H,7-8H2,1-4H3,(H,17,20). The summed E-state index contributed by atoms with van der Waals surface area (Å²) in [6.07, 6.45) is 0. The molecule has 0 unspecified atom stereocenters. The fraction of sp³-hybridized carbons (Fsp3) is 0.467. The van der Waals surface area contributed by atoms with Crippen molar-refractivity contribution in [1.82, 2.24) is 10.2 Å². The monoisotopic (exact) mass is 275 g/mol. The van der Waals surface area contributed by atoms with Gasteiger partial charge in [0.05, 0.1) is 5.56 Å². The molecule has 1 fully saturated rings. The van der Waals surface area contributed by atoms with Crippen molar-refractivity contribution < 1.29 is 9.59 Å². The largest absolute Gasteiger partial charge is 0.387 e. The Labute approximate surface area is 119 Å². The molecule has 0 aromatic heterocycles. The van der Waals surface area contributed by atoms with E-state index in [9.17, 15) is 9.59 Å². The molecule has 0 atom stereocenters. The van der Waals surface area contributed by atoms with E-state index in [0.717, 1.165) is 11.3 Å². The van der Waals surface area contributed by atoms with E-state index in [1.54, 1.807) is 25.8 Å². The van der Waals surface area contributed by atoms with Crippen LogP contribution in [0.4, 0.5) is 5.69 Å². The van der Waals surface area contributed by atoms with E-state index in [1.807, 2.05) is 25.1 Å². The minimum absolute atomic E-state index is 0.113. The number of nitrogens with one attached hydrogen (secondary N) is 2. The Morgan fingerprint density at radius 2 is 2.10 bits per heavy atom. The fourth-order valence-electron chi connectivity index (χ4n) is 2.45. The van der Waals surface area contributed by atoms with Gasteiger partial charge in [0.1, 0.15) is 5.54 Å². The summed E-state index contributed by atoms with van der Waals surface area (Å²) in [6.45, 7) is 6.51. The lowest BCUT2D eigenvalue weighted by Gasteiger charge is -2.41. The molecule has 20 heavy (non-hydrogen) atoms. The Morgan fingerprint density at radius 3 is 2.75 bits per heavy atom. The van der Waals surface area contributed by atoms with Crippen LogP contribution in [0.2, 0.25) is 0 Å². The summed E-state index contributed by atoms with van der Waals surface area (Å²) < 4.78 is 0. The van der Waals surface area contributed by atoms with Gasteiger partial charge in [0.15, 0.2) is 0 Å². The van der Waals surface area contributed by atoms with Crippen molar-refractivity contribution in [2.75, 3.05) is 25.5 Å². The molecule has 1 aromatic rings. The highest BCUT2D eigenvalue weighted by molar-refractivity contribution is 6.03. The predicted molar refractivity (Wildman–Crippen MR) is 78.9 cm³/mol. The summed E-state index contributed by atoms with van der Waals surface area (Å²) in [5.41, 5.74) is 1.58. The average molecular weight is 275 g/mol. The SMILES string of the molecule is CNc1ccc(C)cc1C(=O)N1CCNC(=O)C1(C)C. The molecule has 1 aliphatic rings. The van der Waals surface area contributed by atoms with Gasteiger partial charge in [0.25, 0.3) is 5.91 Å². The van der Waals surface area contributed by atoms with Crippen molar-refractivity contribution >= 4 is 17.5 Å². The number of piperazine rings is 1. The van der Waals surface area contributed by atoms with E-state index in [1.165, 1.54) is 0 Å². The van der Waals surface area contributed by atoms with Gasteiger partial charge in [0, 0.05) is 25.8 Å². The number of carbonyl (C=O) groups excluding carboxylic acids is 2. The van der Waals surface area contributed by atoms with Gasteiger partial charge in [-0.3, -0.25) is 9.59 Å². The molecule has 2 amide bonds. The molecule has 108 valence electrons. The summed E-state index contributed by atoms with van der Waals surface area (Å²) in [5.74, 6) is -0.228. The number of carbonyl (C=O) groups is 2. The molecular formula is C15H21N3O2. The van der Waals surface area contributed by atoms with Crippen molar-refractivity contribution in [3.05, 3.63) is 29.3 Å². The number of amides is 2. The maximum atomic E-state index is 12.8. The first kappa shape index (κ1) is 14.4. The van der Waals surface area contributed by atoms with E-state index in [-0.39, 0.29) is 11.8 Å². The molecule has 5 heteroatoms. The summed E-state index contributed by atoms with van der Waals surface area (Å²) >= 11 is 0. The second-order valence-corrected chi connectivity index (χ2v) is 5.57. The highest BCUT2D eigenvalue weighted by Crippen LogP contribution is 2.25. The topological polar surface area (TPSA) is 61.4 Å². The molecule has 0 saturated carbocycles. The molecule has 1 aromatic carbocycles. The zero-order valence-corrected chi connectivity index (χ0v) is 12.4. The van der Waals surface area contributed by atoms with E-state index in [4.69, 9.17) is 0 Å². The Balaban J connectivity index is 2.40. The Bertz CT molecular complexity index is 552. The minimum Gasteiger partial charge on any atom is -0.387 e. The van der Waals surface area contributed by atoms with Crippen LogP contribution in [-0.2, 0) is 4.79 Å². The van der Waals surface area contributed by atoms with Gasteiger partial charge in [-0.05, 0) is 32.9 Å². The molecule has 5 nitrogen and oxygen atoms in total. The number of aryl methyl sites for hydroxylation is 1. The normalized spacial score (nSPS) is 17.6. The number of benzene rings is 1. The van der Waals surface area contributed by atoms with E-state index in [0.29, 0.717) is 18.7 Å². The van der Waals surface area contributed by atoms with Crippen molar-refractivity contribution in [2.45, 2.75) is 26.3 Å². The maximum absolute atomic E-state index is 12.8. The van der Waals surface area contributed by atoms with Gasteiger partial charge in [-0.2, -0.15) is 0 Å². The van der Waals surface area contributed by atoms with Crippen LogP contribution in [0, 0.1) is 6.92 Å². The first-order chi connectivity index (χ1) is 9.37. The molecule has 2 N–H and O–H groups in total. The predicted octanol–water partition coefficient (Wildman–Crippen LogP) is 1.39. The number of rotatable bonds is 2. The first-order valence-electron chi connectivity index (χ1n) is 6.76.